The van der Waals surface area contributed by atoms with E-state index in [2.05, 4.69) is 24.7 Å². The summed E-state index contributed by atoms with van der Waals surface area (Å²) in [5.41, 5.74) is 3.39. The predicted molar refractivity (Wildman–Crippen MR) is 101 cm³/mol. The van der Waals surface area contributed by atoms with Gasteiger partial charge in [-0.25, -0.2) is 0 Å². The number of hydrogen-bond acceptors (Lipinski definition) is 3. The van der Waals surface area contributed by atoms with Gasteiger partial charge in [-0.2, -0.15) is 10.4 Å². The molecule has 1 fully saturated rings. The molecular formula is C22H29N3O. The van der Waals surface area contributed by atoms with Crippen LogP contribution in [-0.4, -0.2) is 15.6 Å². The molecule has 3 aliphatic rings. The highest BCUT2D eigenvalue weighted by Crippen LogP contribution is 2.55. The topological polar surface area (TPSA) is 58.7 Å². The van der Waals surface area contributed by atoms with Crippen molar-refractivity contribution in [1.82, 2.24) is 9.78 Å². The zero-order valence-electron chi connectivity index (χ0n) is 16.4. The molecule has 1 aromatic heterocycles. The molecule has 0 aliphatic heterocycles. The van der Waals surface area contributed by atoms with Crippen molar-refractivity contribution in [3.63, 3.8) is 0 Å². The number of ketones is 1. The number of carbonyl (C=O) groups excluding carboxylic acids is 1. The molecule has 4 heteroatoms. The number of hydrogen-bond donors (Lipinski definition) is 0. The minimum atomic E-state index is -0.519. The third-order valence-electron chi connectivity index (χ3n) is 7.37. The fourth-order valence-corrected chi connectivity index (χ4v) is 6.13. The first kappa shape index (κ1) is 17.5. The van der Waals surface area contributed by atoms with Gasteiger partial charge in [0.1, 0.15) is 6.07 Å². The monoisotopic (exact) mass is 351 g/mol. The number of Topliss-reactive ketones (excluding diaryl/α,β-unsaturated/α-hetero) is 1. The lowest BCUT2D eigenvalue weighted by atomic mass is 9.52. The van der Waals surface area contributed by atoms with Crippen LogP contribution in [0.25, 0.3) is 0 Å². The molecule has 0 saturated heterocycles. The quantitative estimate of drug-likeness (QED) is 0.756. The maximum atomic E-state index is 12.8. The molecule has 4 nitrogen and oxygen atoms in total. The van der Waals surface area contributed by atoms with Crippen LogP contribution in [0.4, 0.5) is 0 Å². The van der Waals surface area contributed by atoms with Crippen molar-refractivity contribution in [3.05, 3.63) is 28.6 Å². The van der Waals surface area contributed by atoms with Crippen LogP contribution >= 0.6 is 0 Å². The molecule has 0 radical (unpaired) electrons. The van der Waals surface area contributed by atoms with Crippen molar-refractivity contribution in [1.29, 1.82) is 5.26 Å². The Bertz CT molecular complexity index is 832. The van der Waals surface area contributed by atoms with Crippen LogP contribution in [0.15, 0.2) is 11.6 Å². The van der Waals surface area contributed by atoms with Gasteiger partial charge < -0.3 is 0 Å². The molecule has 0 spiro atoms. The molecule has 4 rings (SSSR count). The summed E-state index contributed by atoms with van der Waals surface area (Å²) >= 11 is 0. The minimum absolute atomic E-state index is 0.00522. The van der Waals surface area contributed by atoms with Crippen LogP contribution in [0.2, 0.25) is 0 Å². The second kappa shape index (κ2) is 5.81. The van der Waals surface area contributed by atoms with E-state index >= 15 is 0 Å². The largest absolute Gasteiger partial charge is 0.293 e. The van der Waals surface area contributed by atoms with Crippen molar-refractivity contribution in [3.8, 4) is 6.07 Å². The number of aryl methyl sites for hydroxylation is 1. The highest BCUT2D eigenvalue weighted by atomic mass is 16.1. The lowest BCUT2D eigenvalue weighted by molar-refractivity contribution is -0.128. The number of nitrogens with zero attached hydrogens (tertiary/aromatic N) is 3. The van der Waals surface area contributed by atoms with Crippen molar-refractivity contribution < 1.29 is 4.79 Å². The summed E-state index contributed by atoms with van der Waals surface area (Å²) in [5.74, 6) is 0.804. The summed E-state index contributed by atoms with van der Waals surface area (Å²) in [6, 6.07) is 2.16. The predicted octanol–water partition coefficient (Wildman–Crippen LogP) is 4.35. The van der Waals surface area contributed by atoms with Gasteiger partial charge in [-0.1, -0.05) is 46.1 Å². The molecule has 26 heavy (non-hydrogen) atoms. The van der Waals surface area contributed by atoms with Gasteiger partial charge in [0.05, 0.1) is 11.3 Å². The van der Waals surface area contributed by atoms with Gasteiger partial charge in [0.2, 0.25) is 0 Å². The summed E-state index contributed by atoms with van der Waals surface area (Å²) in [7, 11) is 2.08. The zero-order chi connectivity index (χ0) is 18.7. The molecule has 0 aromatic carbocycles. The van der Waals surface area contributed by atoms with E-state index in [1.807, 2.05) is 19.9 Å². The van der Waals surface area contributed by atoms with E-state index in [1.54, 1.807) is 0 Å². The summed E-state index contributed by atoms with van der Waals surface area (Å²) < 4.78 is 2.11. The van der Waals surface area contributed by atoms with Gasteiger partial charge in [0, 0.05) is 29.5 Å². The molecule has 1 aromatic rings. The van der Waals surface area contributed by atoms with Gasteiger partial charge in [0.15, 0.2) is 5.78 Å². The lowest BCUT2D eigenvalue weighted by Gasteiger charge is -2.49. The highest BCUT2D eigenvalue weighted by Gasteiger charge is 2.55. The van der Waals surface area contributed by atoms with E-state index in [4.69, 9.17) is 5.10 Å². The molecule has 3 aliphatic carbocycles. The van der Waals surface area contributed by atoms with Gasteiger partial charge in [-0.15, -0.1) is 0 Å². The van der Waals surface area contributed by atoms with Crippen LogP contribution in [0.3, 0.4) is 0 Å². The zero-order valence-corrected chi connectivity index (χ0v) is 16.4. The first-order valence-electron chi connectivity index (χ1n) is 10.0. The fourth-order valence-electron chi connectivity index (χ4n) is 6.13. The van der Waals surface area contributed by atoms with Crippen LogP contribution in [0.5, 0.6) is 0 Å². The summed E-state index contributed by atoms with van der Waals surface area (Å²) in [6.45, 7) is 6.22. The molecule has 0 amide bonds. The Labute approximate surface area is 156 Å². The Morgan fingerprint density at radius 1 is 1.19 bits per heavy atom. The minimum Gasteiger partial charge on any atom is -0.293 e. The van der Waals surface area contributed by atoms with Gasteiger partial charge in [0.25, 0.3) is 0 Å². The Balaban J connectivity index is 1.88. The Morgan fingerprint density at radius 3 is 2.54 bits per heavy atom. The number of carbonyl (C=O) groups is 1. The Kier molecular flexibility index (Phi) is 3.91. The van der Waals surface area contributed by atoms with E-state index in [0.29, 0.717) is 11.5 Å². The van der Waals surface area contributed by atoms with Crippen LogP contribution in [-0.2, 0) is 23.7 Å². The summed E-state index contributed by atoms with van der Waals surface area (Å²) in [6.07, 6.45) is 10.4. The van der Waals surface area contributed by atoms with E-state index in [0.717, 1.165) is 18.5 Å². The first-order valence-corrected chi connectivity index (χ1v) is 10.0. The van der Waals surface area contributed by atoms with Crippen molar-refractivity contribution in [2.75, 3.05) is 0 Å². The number of nitriles is 1. The lowest BCUT2D eigenvalue weighted by Crippen LogP contribution is -2.51. The number of fused-ring (bicyclic) bond motifs is 3. The second-order valence-corrected chi connectivity index (χ2v) is 9.27. The van der Waals surface area contributed by atoms with Gasteiger partial charge >= 0.3 is 0 Å². The first-order chi connectivity index (χ1) is 12.3. The molecule has 0 bridgehead atoms. The standard InChI is InChI=1S/C22H29N3O/c1-21(2)17-11-10-16-18(14-8-6-5-7-9-14)25(4)24-19(16)22(17,3)12-15(13-23)20(21)26/h12,14,17H,5-11H2,1-4H3/t17-,22-/m0/s1. The molecule has 1 saturated carbocycles. The number of allylic oxidation sites excluding steroid dienone is 2. The summed E-state index contributed by atoms with van der Waals surface area (Å²) in [4.78, 5) is 12.8. The van der Waals surface area contributed by atoms with Crippen molar-refractivity contribution in [2.24, 2.45) is 18.4 Å². The van der Waals surface area contributed by atoms with Crippen LogP contribution in [0, 0.1) is 22.7 Å². The Hall–Kier alpha value is -1.89. The SMILES string of the molecule is Cn1nc2c(c1C1CCCCC1)CC[C@H]1C(C)(C)C(=O)C(C#N)=C[C@]21C. The van der Waals surface area contributed by atoms with E-state index < -0.39 is 5.41 Å². The van der Waals surface area contributed by atoms with E-state index in [1.165, 1.54) is 43.4 Å². The maximum Gasteiger partial charge on any atom is 0.178 e. The molecular weight excluding hydrogens is 322 g/mol. The van der Waals surface area contributed by atoms with Gasteiger partial charge in [-0.05, 0) is 37.2 Å². The van der Waals surface area contributed by atoms with E-state index in [-0.39, 0.29) is 17.1 Å². The average molecular weight is 351 g/mol. The fraction of sp³-hybridized carbons (Fsp3) is 0.682. The van der Waals surface area contributed by atoms with Crippen molar-refractivity contribution in [2.45, 2.75) is 77.0 Å². The Morgan fingerprint density at radius 2 is 1.88 bits per heavy atom. The third-order valence-corrected chi connectivity index (χ3v) is 7.37. The molecule has 1 heterocycles. The highest BCUT2D eigenvalue weighted by molar-refractivity contribution is 6.04. The molecule has 0 unspecified atom stereocenters. The number of aromatic nitrogens is 2. The van der Waals surface area contributed by atoms with E-state index in [9.17, 15) is 10.1 Å². The van der Waals surface area contributed by atoms with Crippen LogP contribution < -0.4 is 0 Å². The maximum absolute atomic E-state index is 12.8. The average Bonchev–Trinajstić information content (AvgIpc) is 2.96. The normalized spacial score (nSPS) is 31.0. The summed E-state index contributed by atoms with van der Waals surface area (Å²) in [5, 5.41) is 14.5. The van der Waals surface area contributed by atoms with Gasteiger partial charge in [-0.3, -0.25) is 9.48 Å². The second-order valence-electron chi connectivity index (χ2n) is 9.27. The smallest absolute Gasteiger partial charge is 0.178 e. The van der Waals surface area contributed by atoms with Crippen LogP contribution in [0.1, 0.15) is 82.2 Å². The van der Waals surface area contributed by atoms with Crippen molar-refractivity contribution >= 4 is 5.78 Å². The number of rotatable bonds is 1. The molecule has 138 valence electrons. The molecule has 0 N–H and O–H groups in total. The third kappa shape index (κ3) is 2.25. The molecule has 2 atom stereocenters.